The molecule has 0 unspecified atom stereocenters. The minimum absolute atomic E-state index is 0.00597. The molecule has 0 spiro atoms. The van der Waals surface area contributed by atoms with Gasteiger partial charge in [-0.3, -0.25) is 0 Å². The van der Waals surface area contributed by atoms with Gasteiger partial charge in [0.15, 0.2) is 0 Å². The van der Waals surface area contributed by atoms with E-state index >= 15 is 0 Å². The third kappa shape index (κ3) is 8.62. The van der Waals surface area contributed by atoms with Crippen LogP contribution in [-0.4, -0.2) is 11.3 Å². The summed E-state index contributed by atoms with van der Waals surface area (Å²) in [5.41, 5.74) is 25.9. The van der Waals surface area contributed by atoms with Gasteiger partial charge >= 0.3 is 0 Å². The molecule has 5 nitrogen and oxygen atoms in total. The summed E-state index contributed by atoms with van der Waals surface area (Å²) in [5.74, 6) is 0. The van der Waals surface area contributed by atoms with Crippen molar-refractivity contribution in [1.29, 1.82) is 5.26 Å². The van der Waals surface area contributed by atoms with Gasteiger partial charge in [-0.25, -0.2) is 0 Å². The lowest BCUT2D eigenvalue weighted by Gasteiger charge is -2.47. The van der Waals surface area contributed by atoms with Crippen molar-refractivity contribution >= 4 is 107 Å². The van der Waals surface area contributed by atoms with Crippen molar-refractivity contribution in [3.8, 4) is 22.9 Å². The Morgan fingerprint density at radius 1 is 0.400 bits per heavy atom. The Balaban J connectivity index is 1.08. The molecule has 3 aliphatic rings. The monoisotopic (exact) mass is 1110 g/mol. The van der Waals surface area contributed by atoms with Crippen LogP contribution in [0.1, 0.15) is 137 Å². The first-order valence-corrected chi connectivity index (χ1v) is 30.5. The Morgan fingerprint density at radius 3 is 1.55 bits per heavy atom. The molecule has 0 N–H and O–H groups in total. The van der Waals surface area contributed by atoms with E-state index < -0.39 is 0 Å². The van der Waals surface area contributed by atoms with E-state index in [1.165, 1.54) is 93.7 Å². The fraction of sp³-hybridized carbons (Fsp3) is 0.253. The number of aromatic nitrogens is 1. The van der Waals surface area contributed by atoms with Crippen LogP contribution in [0.3, 0.4) is 0 Å². The van der Waals surface area contributed by atoms with E-state index in [2.05, 4.69) is 317 Å². The van der Waals surface area contributed by atoms with Gasteiger partial charge < -0.3 is 19.3 Å². The number of rotatable bonds is 5. The van der Waals surface area contributed by atoms with Crippen molar-refractivity contribution in [2.75, 3.05) is 14.7 Å². The molecule has 0 aliphatic carbocycles. The van der Waals surface area contributed by atoms with Crippen molar-refractivity contribution in [1.82, 2.24) is 4.57 Å². The van der Waals surface area contributed by atoms with E-state index in [1.807, 2.05) is 0 Å². The maximum Gasteiger partial charge on any atom is 0.252 e. The number of nitriles is 1. The van der Waals surface area contributed by atoms with Crippen LogP contribution in [0, 0.1) is 11.3 Å². The Kier molecular flexibility index (Phi) is 11.9. The number of nitrogens with zero attached hydrogens (tertiary/aromatic N) is 5. The van der Waals surface area contributed by atoms with Crippen LogP contribution in [0.4, 0.5) is 51.2 Å². The summed E-state index contributed by atoms with van der Waals surface area (Å²) in [6, 6.07) is 74.2. The molecule has 3 aliphatic heterocycles. The molecule has 11 aromatic rings. The molecule has 0 bridgehead atoms. The standard InChI is InChI=1S/C79H76BN5/c1-75(2,3)51-25-32-56(33-26-51)82(57-34-27-52(28-35-57)76(4,5)6)59-36-37-64-67(46-59)83(58-30-23-50(24-31-58)61-22-18-20-49-19-16-17-21-60(49)61)68-39-48(47-81)40-69-72(68)80(64)65-43-55(79(13,14)15)45-71-74(65)85(69)70-44-54(78(10,11)12)42-63-62-41-53(77(7,8)9)29-38-66(62)84(71)73(63)70/h16-46H,1-15H3. The molecule has 14 rings (SSSR count). The van der Waals surface area contributed by atoms with Crippen LogP contribution in [0.5, 0.6) is 0 Å². The van der Waals surface area contributed by atoms with Crippen LogP contribution < -0.4 is 31.1 Å². The summed E-state index contributed by atoms with van der Waals surface area (Å²) < 4.78 is 2.59. The van der Waals surface area contributed by atoms with Crippen molar-refractivity contribution in [3.05, 3.63) is 221 Å². The molecule has 0 radical (unpaired) electrons. The molecule has 10 aromatic carbocycles. The highest BCUT2D eigenvalue weighted by Crippen LogP contribution is 2.55. The molecule has 0 saturated carbocycles. The second kappa shape index (κ2) is 18.6. The van der Waals surface area contributed by atoms with E-state index in [0.717, 1.165) is 51.1 Å². The number of fused-ring (bicyclic) bond motifs is 10. The lowest BCUT2D eigenvalue weighted by atomic mass is 9.33. The van der Waals surface area contributed by atoms with Crippen LogP contribution in [0.15, 0.2) is 188 Å². The SMILES string of the molecule is CC(C)(C)c1ccc(N(c2ccc(C(C)(C)C)cc2)c2ccc3c(c2)N(c2ccc(-c4cccc5ccccc45)cc2)c2cc(C#N)cc4c2B3c2cc(C(C)(C)C)cc3c2N4c2cc(C(C)(C)C)cc4c5cc(C(C)(C)C)ccc5n-3c24)cc1. The summed E-state index contributed by atoms with van der Waals surface area (Å²) in [6.07, 6.45) is 0. The fourth-order valence-corrected chi connectivity index (χ4v) is 13.8. The third-order valence-corrected chi connectivity index (χ3v) is 18.6. The minimum Gasteiger partial charge on any atom is -0.311 e. The quantitative estimate of drug-likeness (QED) is 0.161. The number of hydrogen-bond acceptors (Lipinski definition) is 4. The van der Waals surface area contributed by atoms with Gasteiger partial charge in [-0.05, 0) is 184 Å². The van der Waals surface area contributed by atoms with Crippen molar-refractivity contribution in [2.45, 2.75) is 131 Å². The molecule has 6 heteroatoms. The van der Waals surface area contributed by atoms with Crippen LogP contribution >= 0.6 is 0 Å². The smallest absolute Gasteiger partial charge is 0.252 e. The Morgan fingerprint density at radius 2 is 0.941 bits per heavy atom. The zero-order valence-corrected chi connectivity index (χ0v) is 52.2. The highest BCUT2D eigenvalue weighted by atomic mass is 15.2. The lowest BCUT2D eigenvalue weighted by Crippen LogP contribution is -2.62. The normalized spacial score (nSPS) is 13.7. The van der Waals surface area contributed by atoms with E-state index in [9.17, 15) is 5.26 Å². The van der Waals surface area contributed by atoms with Gasteiger partial charge in [0.2, 0.25) is 0 Å². The first-order valence-electron chi connectivity index (χ1n) is 30.5. The molecule has 4 heterocycles. The van der Waals surface area contributed by atoms with Crippen LogP contribution in [-0.2, 0) is 27.1 Å². The van der Waals surface area contributed by atoms with Gasteiger partial charge in [0.25, 0.3) is 6.71 Å². The summed E-state index contributed by atoms with van der Waals surface area (Å²) >= 11 is 0. The molecule has 85 heavy (non-hydrogen) atoms. The predicted molar refractivity (Wildman–Crippen MR) is 364 cm³/mol. The molecule has 0 fully saturated rings. The Hall–Kier alpha value is -8.79. The first-order chi connectivity index (χ1) is 40.3. The number of benzene rings is 10. The molecule has 0 amide bonds. The summed E-state index contributed by atoms with van der Waals surface area (Å²) in [4.78, 5) is 7.47. The second-order valence-corrected chi connectivity index (χ2v) is 29.5. The molecule has 1 aromatic heterocycles. The predicted octanol–water partition coefficient (Wildman–Crippen LogP) is 19.8. The van der Waals surface area contributed by atoms with Gasteiger partial charge in [-0.1, -0.05) is 201 Å². The van der Waals surface area contributed by atoms with Gasteiger partial charge in [0.05, 0.1) is 39.7 Å². The zero-order chi connectivity index (χ0) is 59.6. The molecule has 0 atom stereocenters. The summed E-state index contributed by atoms with van der Waals surface area (Å²) in [7, 11) is 0. The average Bonchev–Trinajstić information content (AvgIpc) is 1.69. The Labute approximate surface area is 503 Å². The number of anilines is 9. The second-order valence-electron chi connectivity index (χ2n) is 29.5. The fourth-order valence-electron chi connectivity index (χ4n) is 13.8. The number of hydrogen-bond donors (Lipinski definition) is 0. The van der Waals surface area contributed by atoms with Gasteiger partial charge in [0.1, 0.15) is 0 Å². The van der Waals surface area contributed by atoms with Crippen molar-refractivity contribution < 1.29 is 0 Å². The maximum absolute atomic E-state index is 11.5. The highest BCUT2D eigenvalue weighted by molar-refractivity contribution is 7.00. The van der Waals surface area contributed by atoms with E-state index in [-0.39, 0.29) is 33.8 Å². The zero-order valence-electron chi connectivity index (χ0n) is 52.2. The van der Waals surface area contributed by atoms with Crippen molar-refractivity contribution in [3.63, 3.8) is 0 Å². The van der Waals surface area contributed by atoms with Crippen molar-refractivity contribution in [2.24, 2.45) is 0 Å². The van der Waals surface area contributed by atoms with E-state index in [0.29, 0.717) is 5.56 Å². The molecule has 0 saturated heterocycles. The average molecular weight is 1110 g/mol. The largest absolute Gasteiger partial charge is 0.311 e. The van der Waals surface area contributed by atoms with E-state index in [4.69, 9.17) is 0 Å². The summed E-state index contributed by atoms with van der Waals surface area (Å²) in [6.45, 7) is 34.5. The Bertz CT molecular complexity index is 4550. The van der Waals surface area contributed by atoms with Gasteiger partial charge in [0, 0.05) is 50.6 Å². The highest BCUT2D eigenvalue weighted by Gasteiger charge is 2.48. The molecule has 420 valence electrons. The van der Waals surface area contributed by atoms with Gasteiger partial charge in [-0.2, -0.15) is 5.26 Å². The van der Waals surface area contributed by atoms with E-state index in [1.54, 1.807) is 0 Å². The van der Waals surface area contributed by atoms with Crippen LogP contribution in [0.2, 0.25) is 0 Å². The lowest BCUT2D eigenvalue weighted by molar-refractivity contribution is 0.590. The topological polar surface area (TPSA) is 38.4 Å². The maximum atomic E-state index is 11.5. The molecular formula is C79H76BN5. The van der Waals surface area contributed by atoms with Crippen LogP contribution in [0.25, 0.3) is 49.4 Å². The third-order valence-electron chi connectivity index (χ3n) is 18.6. The first kappa shape index (κ1) is 54.2. The minimum atomic E-state index is -0.192. The van der Waals surface area contributed by atoms with Gasteiger partial charge in [-0.15, -0.1) is 0 Å². The summed E-state index contributed by atoms with van der Waals surface area (Å²) in [5, 5.41) is 16.4. The molecular weight excluding hydrogens is 1030 g/mol.